The third kappa shape index (κ3) is 8.40. The van der Waals surface area contributed by atoms with Crippen LogP contribution in [0.4, 0.5) is 5.69 Å². The predicted octanol–water partition coefficient (Wildman–Crippen LogP) is 3.39. The molecule has 3 aromatic carbocycles. The van der Waals surface area contributed by atoms with Crippen molar-refractivity contribution in [3.63, 3.8) is 0 Å². The van der Waals surface area contributed by atoms with Crippen LogP contribution in [0, 0.1) is 6.92 Å². The number of anilines is 1. The smallest absolute Gasteiger partial charge is 0.262 e. The molecule has 35 heavy (non-hydrogen) atoms. The van der Waals surface area contributed by atoms with Crippen LogP contribution >= 0.6 is 0 Å². The highest BCUT2D eigenvalue weighted by Crippen LogP contribution is 2.28. The van der Waals surface area contributed by atoms with Gasteiger partial charge in [-0.05, 0) is 74.3 Å². The number of aryl methyl sites for hydroxylation is 1. The number of benzene rings is 3. The van der Waals surface area contributed by atoms with Gasteiger partial charge in [-0.15, -0.1) is 0 Å². The number of nitrogens with one attached hydrogen (secondary N) is 2. The minimum absolute atomic E-state index is 0.104. The molecule has 8 nitrogen and oxygen atoms in total. The van der Waals surface area contributed by atoms with Crippen molar-refractivity contribution in [3.05, 3.63) is 83.4 Å². The number of sulfonamides is 1. The first-order valence-electron chi connectivity index (χ1n) is 11.3. The van der Waals surface area contributed by atoms with E-state index in [0.29, 0.717) is 31.2 Å². The Balaban J connectivity index is 1.49. The molecule has 1 amide bonds. The van der Waals surface area contributed by atoms with Crippen molar-refractivity contribution in [1.29, 1.82) is 0 Å². The van der Waals surface area contributed by atoms with Gasteiger partial charge in [-0.3, -0.25) is 4.79 Å². The first kappa shape index (κ1) is 26.2. The average molecular weight is 498 g/mol. The van der Waals surface area contributed by atoms with Gasteiger partial charge in [0.1, 0.15) is 0 Å². The molecular formula is C26H31N3O5S. The number of ether oxygens (including phenoxy) is 2. The van der Waals surface area contributed by atoms with E-state index in [1.165, 1.54) is 12.1 Å². The van der Waals surface area contributed by atoms with Gasteiger partial charge < -0.3 is 20.1 Å². The minimum Gasteiger partial charge on any atom is -0.490 e. The summed E-state index contributed by atoms with van der Waals surface area (Å²) in [6.45, 7) is 5.54. The number of rotatable bonds is 12. The van der Waals surface area contributed by atoms with Crippen molar-refractivity contribution < 1.29 is 22.7 Å². The van der Waals surface area contributed by atoms with Gasteiger partial charge in [0.25, 0.3) is 5.91 Å². The van der Waals surface area contributed by atoms with Crippen LogP contribution in [0.2, 0.25) is 0 Å². The molecule has 0 atom stereocenters. The zero-order valence-electron chi connectivity index (χ0n) is 19.9. The molecule has 0 aliphatic rings. The second-order valence-electron chi connectivity index (χ2n) is 8.03. The van der Waals surface area contributed by atoms with Gasteiger partial charge in [0.2, 0.25) is 10.0 Å². The maximum Gasteiger partial charge on any atom is 0.262 e. The van der Waals surface area contributed by atoms with Crippen molar-refractivity contribution in [1.82, 2.24) is 5.32 Å². The Hall–Kier alpha value is -3.40. The van der Waals surface area contributed by atoms with E-state index in [9.17, 15) is 13.2 Å². The number of hydrogen-bond acceptors (Lipinski definition) is 6. The Bertz CT molecular complexity index is 1230. The van der Waals surface area contributed by atoms with Crippen LogP contribution in [0.5, 0.6) is 11.5 Å². The third-order valence-corrected chi connectivity index (χ3v) is 6.10. The van der Waals surface area contributed by atoms with E-state index < -0.39 is 10.0 Å². The van der Waals surface area contributed by atoms with Crippen molar-refractivity contribution in [2.45, 2.75) is 31.7 Å². The molecule has 0 saturated heterocycles. The molecule has 3 aromatic rings. The predicted molar refractivity (Wildman–Crippen MR) is 136 cm³/mol. The molecule has 0 bridgehead atoms. The molecule has 0 fully saturated rings. The fourth-order valence-electron chi connectivity index (χ4n) is 3.34. The molecule has 0 aliphatic carbocycles. The van der Waals surface area contributed by atoms with Crippen LogP contribution in [-0.4, -0.2) is 34.1 Å². The van der Waals surface area contributed by atoms with Crippen LogP contribution in [0.1, 0.15) is 23.6 Å². The van der Waals surface area contributed by atoms with Crippen LogP contribution < -0.4 is 25.2 Å². The zero-order valence-corrected chi connectivity index (χ0v) is 20.7. The zero-order chi connectivity index (χ0) is 25.3. The van der Waals surface area contributed by atoms with Crippen molar-refractivity contribution in [2.75, 3.05) is 25.1 Å². The van der Waals surface area contributed by atoms with Crippen molar-refractivity contribution >= 4 is 21.6 Å². The summed E-state index contributed by atoms with van der Waals surface area (Å²) in [5, 5.41) is 11.3. The van der Waals surface area contributed by atoms with E-state index in [0.717, 1.165) is 28.8 Å². The summed E-state index contributed by atoms with van der Waals surface area (Å²) in [5.41, 5.74) is 3.85. The molecule has 0 unspecified atom stereocenters. The summed E-state index contributed by atoms with van der Waals surface area (Å²) in [6, 6.07) is 19.7. The molecule has 9 heteroatoms. The Morgan fingerprint density at radius 3 is 2.26 bits per heavy atom. The van der Waals surface area contributed by atoms with Gasteiger partial charge in [0.05, 0.1) is 11.5 Å². The second kappa shape index (κ2) is 12.3. The fourth-order valence-corrected chi connectivity index (χ4v) is 3.85. The van der Waals surface area contributed by atoms with Crippen LogP contribution in [0.25, 0.3) is 0 Å². The van der Waals surface area contributed by atoms with Crippen LogP contribution in [-0.2, 0) is 27.8 Å². The Morgan fingerprint density at radius 2 is 1.60 bits per heavy atom. The first-order valence-corrected chi connectivity index (χ1v) is 12.9. The summed E-state index contributed by atoms with van der Waals surface area (Å²) in [4.78, 5) is 12.3. The molecule has 0 radical (unpaired) electrons. The molecule has 4 N–H and O–H groups in total. The van der Waals surface area contributed by atoms with Gasteiger partial charge in [-0.25, -0.2) is 13.6 Å². The molecule has 0 heterocycles. The third-order valence-electron chi connectivity index (χ3n) is 5.17. The summed E-state index contributed by atoms with van der Waals surface area (Å²) in [5.74, 6) is 0.831. The molecule has 3 rings (SSSR count). The highest BCUT2D eigenvalue weighted by molar-refractivity contribution is 7.89. The normalized spacial score (nSPS) is 11.2. The number of carbonyl (C=O) groups is 1. The number of nitrogens with two attached hydrogens (primary N) is 1. The minimum atomic E-state index is -3.68. The number of amides is 1. The highest BCUT2D eigenvalue weighted by Gasteiger charge is 2.10. The Labute approximate surface area is 206 Å². The average Bonchev–Trinajstić information content (AvgIpc) is 2.83. The quantitative estimate of drug-likeness (QED) is 0.330. The van der Waals surface area contributed by atoms with Crippen LogP contribution in [0.15, 0.2) is 71.6 Å². The van der Waals surface area contributed by atoms with E-state index in [2.05, 4.69) is 10.6 Å². The number of carbonyl (C=O) groups excluding carboxylic acids is 1. The molecule has 0 spiro atoms. The van der Waals surface area contributed by atoms with Crippen molar-refractivity contribution in [2.24, 2.45) is 5.14 Å². The van der Waals surface area contributed by atoms with E-state index in [1.54, 1.807) is 18.2 Å². The SMILES string of the molecule is CCOc1cc(CNCCc2ccc(S(N)(=O)=O)cc2)ccc1OCC(=O)Nc1ccc(C)cc1. The maximum atomic E-state index is 12.2. The Morgan fingerprint density at radius 1 is 0.914 bits per heavy atom. The molecular weight excluding hydrogens is 466 g/mol. The van der Waals surface area contributed by atoms with Gasteiger partial charge in [-0.2, -0.15) is 0 Å². The van der Waals surface area contributed by atoms with Gasteiger partial charge >= 0.3 is 0 Å². The molecule has 0 aromatic heterocycles. The number of primary sulfonamides is 1. The summed E-state index contributed by atoms with van der Waals surface area (Å²) < 4.78 is 34.1. The van der Waals surface area contributed by atoms with Crippen molar-refractivity contribution in [3.8, 4) is 11.5 Å². The lowest BCUT2D eigenvalue weighted by Crippen LogP contribution is -2.20. The lowest BCUT2D eigenvalue weighted by atomic mass is 10.1. The Kier molecular flexibility index (Phi) is 9.25. The second-order valence-corrected chi connectivity index (χ2v) is 9.59. The topological polar surface area (TPSA) is 120 Å². The van der Waals surface area contributed by atoms with Crippen LogP contribution in [0.3, 0.4) is 0 Å². The summed E-state index contributed by atoms with van der Waals surface area (Å²) in [6.07, 6.45) is 0.737. The maximum absolute atomic E-state index is 12.2. The first-order chi connectivity index (χ1) is 16.7. The molecule has 186 valence electrons. The fraction of sp³-hybridized carbons (Fsp3) is 0.269. The van der Waals surface area contributed by atoms with E-state index >= 15 is 0 Å². The van der Waals surface area contributed by atoms with E-state index in [1.807, 2.05) is 50.2 Å². The van der Waals surface area contributed by atoms with E-state index in [-0.39, 0.29) is 17.4 Å². The largest absolute Gasteiger partial charge is 0.490 e. The van der Waals surface area contributed by atoms with E-state index in [4.69, 9.17) is 14.6 Å². The highest BCUT2D eigenvalue weighted by atomic mass is 32.2. The monoisotopic (exact) mass is 497 g/mol. The number of hydrogen-bond donors (Lipinski definition) is 3. The molecule has 0 aliphatic heterocycles. The lowest BCUT2D eigenvalue weighted by Gasteiger charge is -2.14. The summed E-state index contributed by atoms with van der Waals surface area (Å²) in [7, 11) is -3.68. The van der Waals surface area contributed by atoms with Gasteiger partial charge in [0, 0.05) is 12.2 Å². The van der Waals surface area contributed by atoms with Gasteiger partial charge in [-0.1, -0.05) is 35.9 Å². The summed E-state index contributed by atoms with van der Waals surface area (Å²) >= 11 is 0. The lowest BCUT2D eigenvalue weighted by molar-refractivity contribution is -0.118. The molecule has 0 saturated carbocycles. The standard InChI is InChI=1S/C26H31N3O5S/c1-3-33-25-16-21(17-28-15-14-20-6-11-23(12-7-20)35(27,31)32)8-13-24(25)34-18-26(30)29-22-9-4-19(2)5-10-22/h4-13,16,28H,3,14-15,17-18H2,1-2H3,(H,29,30)(H2,27,31,32). The van der Waals surface area contributed by atoms with Gasteiger partial charge in [0.15, 0.2) is 18.1 Å².